The van der Waals surface area contributed by atoms with Gasteiger partial charge in [-0.1, -0.05) is 0 Å². The molecule has 4 heterocycles. The van der Waals surface area contributed by atoms with E-state index in [1.54, 1.807) is 18.6 Å². The standard InChI is InChI=1S/C16H19N7/c1-10-4-12(6-19-10)21-15-9-18-7-13(22-15)14-8-20-16-5-11(17)2-3-23(14)16/h2-3,5,7-10,12,19H,4,6,17H2,1H3,(H,21,22)/t10-,12-/m1/s1. The maximum Gasteiger partial charge on any atom is 0.145 e. The van der Waals surface area contributed by atoms with E-state index in [0.717, 1.165) is 35.8 Å². The highest BCUT2D eigenvalue weighted by atomic mass is 15.1. The zero-order chi connectivity index (χ0) is 15.8. The second kappa shape index (κ2) is 5.51. The van der Waals surface area contributed by atoms with Crippen molar-refractivity contribution in [1.82, 2.24) is 24.7 Å². The Morgan fingerprint density at radius 1 is 1.35 bits per heavy atom. The molecule has 1 aliphatic heterocycles. The van der Waals surface area contributed by atoms with Crippen molar-refractivity contribution in [2.45, 2.75) is 25.4 Å². The van der Waals surface area contributed by atoms with Gasteiger partial charge in [0.05, 0.1) is 24.3 Å². The molecule has 0 bridgehead atoms. The highest BCUT2D eigenvalue weighted by molar-refractivity contribution is 5.63. The van der Waals surface area contributed by atoms with E-state index in [9.17, 15) is 0 Å². The quantitative estimate of drug-likeness (QED) is 0.679. The molecule has 0 amide bonds. The Hall–Kier alpha value is -2.67. The van der Waals surface area contributed by atoms with Gasteiger partial charge >= 0.3 is 0 Å². The van der Waals surface area contributed by atoms with Gasteiger partial charge in [0.1, 0.15) is 17.2 Å². The van der Waals surface area contributed by atoms with Crippen LogP contribution in [0, 0.1) is 0 Å². The third-order valence-electron chi connectivity index (χ3n) is 4.14. The van der Waals surface area contributed by atoms with E-state index in [1.807, 2.05) is 22.7 Å². The Labute approximate surface area is 134 Å². The van der Waals surface area contributed by atoms with Gasteiger partial charge in [0.15, 0.2) is 0 Å². The highest BCUT2D eigenvalue weighted by Gasteiger charge is 2.20. The molecule has 118 valence electrons. The molecule has 4 N–H and O–H groups in total. The highest BCUT2D eigenvalue weighted by Crippen LogP contribution is 2.21. The third kappa shape index (κ3) is 2.70. The summed E-state index contributed by atoms with van der Waals surface area (Å²) in [6.07, 6.45) is 8.29. The van der Waals surface area contributed by atoms with Gasteiger partial charge in [0.25, 0.3) is 0 Å². The number of hydrogen-bond acceptors (Lipinski definition) is 6. The van der Waals surface area contributed by atoms with E-state index < -0.39 is 0 Å². The molecule has 7 nitrogen and oxygen atoms in total. The monoisotopic (exact) mass is 309 g/mol. The Morgan fingerprint density at radius 3 is 3.09 bits per heavy atom. The van der Waals surface area contributed by atoms with Gasteiger partial charge in [-0.3, -0.25) is 9.38 Å². The number of fused-ring (bicyclic) bond motifs is 1. The maximum atomic E-state index is 5.80. The number of hydrogen-bond donors (Lipinski definition) is 3. The molecule has 1 saturated heterocycles. The fourth-order valence-corrected chi connectivity index (χ4v) is 3.00. The molecule has 0 radical (unpaired) electrons. The number of nitrogens with one attached hydrogen (secondary N) is 2. The molecule has 7 heteroatoms. The van der Waals surface area contributed by atoms with Crippen LogP contribution in [-0.4, -0.2) is 38.0 Å². The molecule has 0 saturated carbocycles. The van der Waals surface area contributed by atoms with Crippen molar-refractivity contribution in [1.29, 1.82) is 0 Å². The zero-order valence-electron chi connectivity index (χ0n) is 12.9. The molecular weight excluding hydrogens is 290 g/mol. The third-order valence-corrected chi connectivity index (χ3v) is 4.14. The summed E-state index contributed by atoms with van der Waals surface area (Å²) in [5.41, 5.74) is 8.98. The van der Waals surface area contributed by atoms with Crippen molar-refractivity contribution >= 4 is 17.2 Å². The van der Waals surface area contributed by atoms with Crippen LogP contribution < -0.4 is 16.4 Å². The Kier molecular flexibility index (Phi) is 3.34. The van der Waals surface area contributed by atoms with Crippen LogP contribution >= 0.6 is 0 Å². The van der Waals surface area contributed by atoms with E-state index in [4.69, 9.17) is 5.73 Å². The summed E-state index contributed by atoms with van der Waals surface area (Å²) >= 11 is 0. The predicted molar refractivity (Wildman–Crippen MR) is 90.1 cm³/mol. The number of nitrogen functional groups attached to an aromatic ring is 1. The van der Waals surface area contributed by atoms with E-state index in [1.165, 1.54) is 0 Å². The minimum absolute atomic E-state index is 0.386. The molecule has 1 fully saturated rings. The van der Waals surface area contributed by atoms with Crippen LogP contribution in [-0.2, 0) is 0 Å². The van der Waals surface area contributed by atoms with Gasteiger partial charge in [0, 0.05) is 36.6 Å². The lowest BCUT2D eigenvalue weighted by Crippen LogP contribution is -2.23. The number of aromatic nitrogens is 4. The van der Waals surface area contributed by atoms with Crippen molar-refractivity contribution in [2.24, 2.45) is 0 Å². The minimum Gasteiger partial charge on any atom is -0.399 e. The largest absolute Gasteiger partial charge is 0.399 e. The summed E-state index contributed by atoms with van der Waals surface area (Å²) in [5, 5.41) is 6.87. The van der Waals surface area contributed by atoms with Gasteiger partial charge in [-0.2, -0.15) is 0 Å². The second-order valence-electron chi connectivity index (χ2n) is 6.01. The minimum atomic E-state index is 0.386. The van der Waals surface area contributed by atoms with Crippen LogP contribution in [0.15, 0.2) is 36.9 Å². The summed E-state index contributed by atoms with van der Waals surface area (Å²) in [6, 6.07) is 4.61. The molecular formula is C16H19N7. The molecule has 0 spiro atoms. The average Bonchev–Trinajstić information content (AvgIpc) is 3.13. The summed E-state index contributed by atoms with van der Waals surface area (Å²) in [5.74, 6) is 0.786. The first-order valence-corrected chi connectivity index (χ1v) is 7.74. The first kappa shape index (κ1) is 14.0. The Morgan fingerprint density at radius 2 is 2.26 bits per heavy atom. The van der Waals surface area contributed by atoms with Crippen LogP contribution in [0.3, 0.4) is 0 Å². The van der Waals surface area contributed by atoms with Crippen molar-refractivity contribution in [3.63, 3.8) is 0 Å². The lowest BCUT2D eigenvalue weighted by Gasteiger charge is -2.12. The smallest absolute Gasteiger partial charge is 0.145 e. The summed E-state index contributed by atoms with van der Waals surface area (Å²) < 4.78 is 1.96. The molecule has 0 aliphatic carbocycles. The fourth-order valence-electron chi connectivity index (χ4n) is 3.00. The van der Waals surface area contributed by atoms with Crippen LogP contribution in [0.25, 0.3) is 17.0 Å². The zero-order valence-corrected chi connectivity index (χ0v) is 12.9. The topological polar surface area (TPSA) is 93.2 Å². The van der Waals surface area contributed by atoms with Crippen molar-refractivity contribution < 1.29 is 0 Å². The van der Waals surface area contributed by atoms with Crippen molar-refractivity contribution in [3.8, 4) is 11.4 Å². The van der Waals surface area contributed by atoms with Gasteiger partial charge in [-0.15, -0.1) is 0 Å². The Balaban J connectivity index is 1.64. The Bertz CT molecular complexity index is 841. The lowest BCUT2D eigenvalue weighted by molar-refractivity contribution is 0.661. The molecule has 1 aliphatic rings. The van der Waals surface area contributed by atoms with Gasteiger partial charge in [-0.25, -0.2) is 9.97 Å². The number of imidazole rings is 1. The van der Waals surface area contributed by atoms with Crippen molar-refractivity contribution in [2.75, 3.05) is 17.6 Å². The van der Waals surface area contributed by atoms with E-state index in [0.29, 0.717) is 17.8 Å². The van der Waals surface area contributed by atoms with Crippen LogP contribution in [0.5, 0.6) is 0 Å². The average molecular weight is 309 g/mol. The molecule has 3 aromatic heterocycles. The molecule has 0 unspecified atom stereocenters. The summed E-state index contributed by atoms with van der Waals surface area (Å²) in [4.78, 5) is 13.4. The number of rotatable bonds is 3. The number of nitrogens with zero attached hydrogens (tertiary/aromatic N) is 4. The van der Waals surface area contributed by atoms with Gasteiger partial charge in [-0.05, 0) is 19.4 Å². The molecule has 23 heavy (non-hydrogen) atoms. The second-order valence-corrected chi connectivity index (χ2v) is 6.01. The molecule has 2 atom stereocenters. The molecule has 4 rings (SSSR count). The van der Waals surface area contributed by atoms with E-state index in [-0.39, 0.29) is 0 Å². The van der Waals surface area contributed by atoms with E-state index in [2.05, 4.69) is 32.5 Å². The van der Waals surface area contributed by atoms with Crippen molar-refractivity contribution in [3.05, 3.63) is 36.9 Å². The predicted octanol–water partition coefficient (Wildman–Crippen LogP) is 1.54. The lowest BCUT2D eigenvalue weighted by atomic mass is 10.2. The van der Waals surface area contributed by atoms with Crippen LogP contribution in [0.2, 0.25) is 0 Å². The SMILES string of the molecule is C[C@@H]1C[C@@H](Nc2cncc(-c3cnc4cc(N)ccn34)n2)CN1. The van der Waals surface area contributed by atoms with Gasteiger partial charge in [0.2, 0.25) is 0 Å². The summed E-state index contributed by atoms with van der Waals surface area (Å²) in [7, 11) is 0. The number of nitrogens with two attached hydrogens (primary N) is 1. The number of pyridine rings is 1. The summed E-state index contributed by atoms with van der Waals surface area (Å²) in [6.45, 7) is 3.13. The molecule has 3 aromatic rings. The maximum absolute atomic E-state index is 5.80. The number of anilines is 2. The van der Waals surface area contributed by atoms with Crippen LogP contribution in [0.1, 0.15) is 13.3 Å². The fraction of sp³-hybridized carbons (Fsp3) is 0.312. The van der Waals surface area contributed by atoms with E-state index >= 15 is 0 Å². The molecule has 0 aromatic carbocycles. The first-order valence-electron chi connectivity index (χ1n) is 7.74. The van der Waals surface area contributed by atoms with Gasteiger partial charge < -0.3 is 16.4 Å². The normalized spacial score (nSPS) is 20.9. The first-order chi connectivity index (χ1) is 11.2. The van der Waals surface area contributed by atoms with Crippen LogP contribution in [0.4, 0.5) is 11.5 Å².